The van der Waals surface area contributed by atoms with Gasteiger partial charge in [0.2, 0.25) is 0 Å². The van der Waals surface area contributed by atoms with Crippen molar-refractivity contribution in [3.05, 3.63) is 29.1 Å². The predicted molar refractivity (Wildman–Crippen MR) is 37.5 cm³/mol. The molecule has 0 heterocycles. The number of hydrogen-bond donors (Lipinski definition) is 1. The highest BCUT2D eigenvalue weighted by Gasteiger charge is 2.05. The van der Waals surface area contributed by atoms with Crippen LogP contribution in [0.1, 0.15) is 11.1 Å². The van der Waals surface area contributed by atoms with Crippen molar-refractivity contribution in [1.82, 2.24) is 0 Å². The van der Waals surface area contributed by atoms with Crippen LogP contribution in [-0.2, 0) is 0 Å². The van der Waals surface area contributed by atoms with Crippen molar-refractivity contribution in [2.75, 3.05) is 0 Å². The molecule has 3 heteroatoms. The van der Waals surface area contributed by atoms with Crippen LogP contribution in [0.5, 0.6) is 5.75 Å². The Morgan fingerprint density at radius 2 is 2.18 bits per heavy atom. The Hall–Kier alpha value is -1.56. The molecular formula is C8H6FNO. The number of halogens is 1. The number of benzene rings is 1. The SMILES string of the molecule is Cc1cc(F)cc(C#N)c1O. The Morgan fingerprint density at radius 1 is 1.55 bits per heavy atom. The molecule has 0 aliphatic rings. The largest absolute Gasteiger partial charge is 0.506 e. The van der Waals surface area contributed by atoms with E-state index >= 15 is 0 Å². The number of rotatable bonds is 0. The van der Waals surface area contributed by atoms with Gasteiger partial charge in [-0.25, -0.2) is 4.39 Å². The van der Waals surface area contributed by atoms with Gasteiger partial charge < -0.3 is 5.11 Å². The molecule has 1 aromatic carbocycles. The van der Waals surface area contributed by atoms with Gasteiger partial charge in [-0.15, -0.1) is 0 Å². The van der Waals surface area contributed by atoms with Crippen LogP contribution in [0.15, 0.2) is 12.1 Å². The molecule has 1 aromatic rings. The van der Waals surface area contributed by atoms with Gasteiger partial charge in [-0.3, -0.25) is 0 Å². The smallest absolute Gasteiger partial charge is 0.136 e. The Balaban J connectivity index is 3.39. The fourth-order valence-corrected chi connectivity index (χ4v) is 0.821. The molecule has 0 saturated carbocycles. The van der Waals surface area contributed by atoms with Crippen molar-refractivity contribution >= 4 is 0 Å². The number of hydrogen-bond acceptors (Lipinski definition) is 2. The van der Waals surface area contributed by atoms with Crippen LogP contribution in [-0.4, -0.2) is 5.11 Å². The highest BCUT2D eigenvalue weighted by Crippen LogP contribution is 2.21. The topological polar surface area (TPSA) is 44.0 Å². The average molecular weight is 151 g/mol. The highest BCUT2D eigenvalue weighted by molar-refractivity contribution is 5.47. The van der Waals surface area contributed by atoms with Gasteiger partial charge >= 0.3 is 0 Å². The van der Waals surface area contributed by atoms with Crippen LogP contribution >= 0.6 is 0 Å². The summed E-state index contributed by atoms with van der Waals surface area (Å²) in [6.07, 6.45) is 0. The molecule has 0 atom stereocenters. The van der Waals surface area contributed by atoms with Gasteiger partial charge in [0.25, 0.3) is 0 Å². The van der Waals surface area contributed by atoms with E-state index in [1.807, 2.05) is 0 Å². The molecule has 0 radical (unpaired) electrons. The number of nitriles is 1. The summed E-state index contributed by atoms with van der Waals surface area (Å²) in [5.41, 5.74) is 0.351. The third kappa shape index (κ3) is 1.30. The third-order valence-electron chi connectivity index (χ3n) is 1.39. The van der Waals surface area contributed by atoms with E-state index in [0.29, 0.717) is 5.56 Å². The standard InChI is InChI=1S/C8H6FNO/c1-5-2-7(9)3-6(4-10)8(5)11/h2-3,11H,1H3. The van der Waals surface area contributed by atoms with Gasteiger partial charge in [0.15, 0.2) is 0 Å². The summed E-state index contributed by atoms with van der Waals surface area (Å²) in [5, 5.41) is 17.5. The zero-order valence-corrected chi connectivity index (χ0v) is 5.93. The van der Waals surface area contributed by atoms with E-state index in [1.54, 1.807) is 13.0 Å². The van der Waals surface area contributed by atoms with Gasteiger partial charge in [-0.2, -0.15) is 5.26 Å². The van der Waals surface area contributed by atoms with Crippen LogP contribution in [0, 0.1) is 24.1 Å². The van der Waals surface area contributed by atoms with E-state index in [9.17, 15) is 4.39 Å². The van der Waals surface area contributed by atoms with Gasteiger partial charge in [0.1, 0.15) is 17.6 Å². The van der Waals surface area contributed by atoms with Gasteiger partial charge in [-0.1, -0.05) is 0 Å². The molecule has 11 heavy (non-hydrogen) atoms. The summed E-state index contributed by atoms with van der Waals surface area (Å²) in [4.78, 5) is 0. The predicted octanol–water partition coefficient (Wildman–Crippen LogP) is 1.71. The minimum absolute atomic E-state index is 0.0255. The fraction of sp³-hybridized carbons (Fsp3) is 0.125. The van der Waals surface area contributed by atoms with E-state index in [0.717, 1.165) is 6.07 Å². The van der Waals surface area contributed by atoms with Crippen LogP contribution in [0.3, 0.4) is 0 Å². The summed E-state index contributed by atoms with van der Waals surface area (Å²) >= 11 is 0. The third-order valence-corrected chi connectivity index (χ3v) is 1.39. The average Bonchev–Trinajstić information content (AvgIpc) is 1.96. The summed E-state index contributed by atoms with van der Waals surface area (Å²) in [7, 11) is 0. The molecule has 0 bridgehead atoms. The minimum Gasteiger partial charge on any atom is -0.506 e. The van der Waals surface area contributed by atoms with Gasteiger partial charge in [0.05, 0.1) is 5.56 Å². The van der Waals surface area contributed by atoms with Crippen molar-refractivity contribution < 1.29 is 9.50 Å². The van der Waals surface area contributed by atoms with Crippen molar-refractivity contribution in [2.45, 2.75) is 6.92 Å². The van der Waals surface area contributed by atoms with Crippen molar-refractivity contribution in [3.63, 3.8) is 0 Å². The maximum atomic E-state index is 12.5. The first-order valence-electron chi connectivity index (χ1n) is 3.04. The van der Waals surface area contributed by atoms with Crippen LogP contribution in [0.25, 0.3) is 0 Å². The maximum Gasteiger partial charge on any atom is 0.136 e. The second-order valence-corrected chi connectivity index (χ2v) is 2.23. The molecule has 0 unspecified atom stereocenters. The zero-order valence-electron chi connectivity index (χ0n) is 5.93. The van der Waals surface area contributed by atoms with Crippen molar-refractivity contribution in [3.8, 4) is 11.8 Å². The number of nitrogens with zero attached hydrogens (tertiary/aromatic N) is 1. The molecule has 0 aliphatic heterocycles. The molecule has 0 aliphatic carbocycles. The first-order chi connectivity index (χ1) is 5.15. The lowest BCUT2D eigenvalue weighted by molar-refractivity contribution is 0.466. The van der Waals surface area contributed by atoms with Gasteiger partial charge in [-0.05, 0) is 24.6 Å². The summed E-state index contributed by atoms with van der Waals surface area (Å²) < 4.78 is 12.5. The molecule has 2 nitrogen and oxygen atoms in total. The van der Waals surface area contributed by atoms with E-state index in [-0.39, 0.29) is 11.3 Å². The van der Waals surface area contributed by atoms with E-state index < -0.39 is 5.82 Å². The number of aryl methyl sites for hydroxylation is 1. The Morgan fingerprint density at radius 3 is 2.73 bits per heavy atom. The molecule has 0 amide bonds. The Labute approximate surface area is 63.5 Å². The normalized spacial score (nSPS) is 9.18. The summed E-state index contributed by atoms with van der Waals surface area (Å²) in [6.45, 7) is 1.54. The quantitative estimate of drug-likeness (QED) is 0.613. The highest BCUT2D eigenvalue weighted by atomic mass is 19.1. The number of phenols is 1. The maximum absolute atomic E-state index is 12.5. The van der Waals surface area contributed by atoms with Crippen LogP contribution in [0.2, 0.25) is 0 Å². The van der Waals surface area contributed by atoms with E-state index in [1.165, 1.54) is 6.07 Å². The lowest BCUT2D eigenvalue weighted by Gasteiger charge is -1.99. The molecular weight excluding hydrogens is 145 g/mol. The van der Waals surface area contributed by atoms with Crippen LogP contribution in [0.4, 0.5) is 4.39 Å². The molecule has 56 valence electrons. The lowest BCUT2D eigenvalue weighted by Crippen LogP contribution is -1.84. The summed E-state index contributed by atoms with van der Waals surface area (Å²) in [6, 6.07) is 3.87. The fourth-order valence-electron chi connectivity index (χ4n) is 0.821. The first-order valence-corrected chi connectivity index (χ1v) is 3.04. The number of phenolic OH excluding ortho intramolecular Hbond substituents is 1. The molecule has 1 rings (SSSR count). The Kier molecular flexibility index (Phi) is 1.77. The first kappa shape index (κ1) is 7.55. The second kappa shape index (κ2) is 2.59. The number of aromatic hydroxyl groups is 1. The van der Waals surface area contributed by atoms with E-state index in [4.69, 9.17) is 10.4 Å². The molecule has 0 spiro atoms. The monoisotopic (exact) mass is 151 g/mol. The summed E-state index contributed by atoms with van der Waals surface area (Å²) in [5.74, 6) is -0.647. The van der Waals surface area contributed by atoms with E-state index in [2.05, 4.69) is 0 Å². The van der Waals surface area contributed by atoms with Crippen molar-refractivity contribution in [1.29, 1.82) is 5.26 Å². The van der Waals surface area contributed by atoms with Crippen LogP contribution < -0.4 is 0 Å². The molecule has 1 N–H and O–H groups in total. The van der Waals surface area contributed by atoms with Crippen molar-refractivity contribution in [2.24, 2.45) is 0 Å². The Bertz CT molecular complexity index is 328. The zero-order chi connectivity index (χ0) is 8.43. The molecule has 0 aromatic heterocycles. The van der Waals surface area contributed by atoms with Gasteiger partial charge in [0, 0.05) is 0 Å². The second-order valence-electron chi connectivity index (χ2n) is 2.23. The molecule has 0 saturated heterocycles. The molecule has 0 fully saturated rings. The minimum atomic E-state index is -0.503. The lowest BCUT2D eigenvalue weighted by atomic mass is 10.1.